The van der Waals surface area contributed by atoms with Crippen molar-refractivity contribution in [3.8, 4) is 0 Å². The van der Waals surface area contributed by atoms with Crippen LogP contribution in [0.5, 0.6) is 0 Å². The van der Waals surface area contributed by atoms with Crippen LogP contribution < -0.4 is 0 Å². The Morgan fingerprint density at radius 2 is 2.20 bits per heavy atom. The molecule has 0 aromatic carbocycles. The van der Waals surface area contributed by atoms with Crippen LogP contribution in [-0.4, -0.2) is 0 Å². The third kappa shape index (κ3) is 1.73. The fourth-order valence-electron chi connectivity index (χ4n) is 1.33. The summed E-state index contributed by atoms with van der Waals surface area (Å²) in [4.78, 5) is 0. The second kappa shape index (κ2) is 3.05. The molecule has 56 valence electrons. The van der Waals surface area contributed by atoms with Crippen molar-refractivity contribution in [2.75, 3.05) is 0 Å². The van der Waals surface area contributed by atoms with E-state index in [0.717, 1.165) is 11.8 Å². The lowest BCUT2D eigenvalue weighted by Gasteiger charge is -2.19. The predicted molar refractivity (Wildman–Crippen MR) is 45.8 cm³/mol. The van der Waals surface area contributed by atoms with E-state index < -0.39 is 0 Å². The maximum absolute atomic E-state index is 2.32. The summed E-state index contributed by atoms with van der Waals surface area (Å²) in [5.74, 6) is 1.57. The summed E-state index contributed by atoms with van der Waals surface area (Å²) >= 11 is 0. The van der Waals surface area contributed by atoms with Gasteiger partial charge in [-0.3, -0.25) is 0 Å². The molecule has 0 saturated heterocycles. The van der Waals surface area contributed by atoms with Crippen molar-refractivity contribution in [3.05, 3.63) is 23.8 Å². The van der Waals surface area contributed by atoms with Gasteiger partial charge in [0.2, 0.25) is 0 Å². The Morgan fingerprint density at radius 3 is 2.60 bits per heavy atom. The molecule has 0 aromatic heterocycles. The van der Waals surface area contributed by atoms with Crippen LogP contribution >= 0.6 is 0 Å². The van der Waals surface area contributed by atoms with Crippen LogP contribution in [0.25, 0.3) is 0 Å². The average molecular weight is 136 g/mol. The molecule has 0 spiro atoms. The van der Waals surface area contributed by atoms with Gasteiger partial charge in [-0.25, -0.2) is 0 Å². The molecule has 1 rings (SSSR count). The highest BCUT2D eigenvalue weighted by molar-refractivity contribution is 5.18. The molecule has 0 heteroatoms. The van der Waals surface area contributed by atoms with Crippen LogP contribution in [0.4, 0.5) is 0 Å². The Kier molecular flexibility index (Phi) is 2.31. The van der Waals surface area contributed by atoms with E-state index in [0.29, 0.717) is 0 Å². The summed E-state index contributed by atoms with van der Waals surface area (Å²) < 4.78 is 0. The van der Waals surface area contributed by atoms with E-state index in [1.165, 1.54) is 12.0 Å². The van der Waals surface area contributed by atoms with Crippen molar-refractivity contribution < 1.29 is 0 Å². The molecule has 0 amide bonds. The van der Waals surface area contributed by atoms with Gasteiger partial charge in [-0.15, -0.1) is 0 Å². The Hall–Kier alpha value is -0.520. The van der Waals surface area contributed by atoms with E-state index in [4.69, 9.17) is 0 Å². The summed E-state index contributed by atoms with van der Waals surface area (Å²) in [6.07, 6.45) is 7.97. The summed E-state index contributed by atoms with van der Waals surface area (Å²) in [6.45, 7) is 6.78. The third-order valence-electron chi connectivity index (χ3n) is 2.15. The van der Waals surface area contributed by atoms with Crippen LogP contribution in [-0.2, 0) is 0 Å². The summed E-state index contributed by atoms with van der Waals surface area (Å²) in [6, 6.07) is 0. The number of hydrogen-bond donors (Lipinski definition) is 0. The molecule has 1 aliphatic rings. The minimum absolute atomic E-state index is 0.782. The van der Waals surface area contributed by atoms with Crippen LogP contribution in [0, 0.1) is 11.8 Å². The molecule has 0 fully saturated rings. The van der Waals surface area contributed by atoms with Crippen LogP contribution in [0.15, 0.2) is 23.8 Å². The highest BCUT2D eigenvalue weighted by Gasteiger charge is 2.11. The van der Waals surface area contributed by atoms with Crippen LogP contribution in [0.3, 0.4) is 0 Å². The first-order valence-corrected chi connectivity index (χ1v) is 4.04. The second-order valence-electron chi connectivity index (χ2n) is 3.51. The Bertz CT molecular complexity index is 161. The fourth-order valence-corrected chi connectivity index (χ4v) is 1.33. The van der Waals surface area contributed by atoms with Crippen molar-refractivity contribution in [2.45, 2.75) is 27.2 Å². The summed E-state index contributed by atoms with van der Waals surface area (Å²) in [5.41, 5.74) is 1.52. The van der Waals surface area contributed by atoms with Crippen molar-refractivity contribution in [1.29, 1.82) is 0 Å². The molecule has 0 saturated carbocycles. The quantitative estimate of drug-likeness (QED) is 0.519. The largest absolute Gasteiger partial charge is 0.0808 e. The molecule has 0 heterocycles. The third-order valence-corrected chi connectivity index (χ3v) is 2.15. The molecule has 1 aliphatic carbocycles. The summed E-state index contributed by atoms with van der Waals surface area (Å²) in [7, 11) is 0. The molecule has 1 atom stereocenters. The Balaban J connectivity index is 2.55. The van der Waals surface area contributed by atoms with Gasteiger partial charge in [-0.1, -0.05) is 37.6 Å². The highest BCUT2D eigenvalue weighted by Crippen LogP contribution is 2.24. The molecule has 0 aromatic rings. The fraction of sp³-hybridized carbons (Fsp3) is 0.600. The first-order valence-electron chi connectivity index (χ1n) is 4.04. The van der Waals surface area contributed by atoms with Gasteiger partial charge in [-0.2, -0.15) is 0 Å². The molecular formula is C10H16. The van der Waals surface area contributed by atoms with Crippen molar-refractivity contribution >= 4 is 0 Å². The zero-order valence-corrected chi connectivity index (χ0v) is 7.09. The molecule has 10 heavy (non-hydrogen) atoms. The van der Waals surface area contributed by atoms with Crippen molar-refractivity contribution in [1.82, 2.24) is 0 Å². The lowest BCUT2D eigenvalue weighted by Crippen LogP contribution is -2.07. The van der Waals surface area contributed by atoms with Gasteiger partial charge >= 0.3 is 0 Å². The number of allylic oxidation sites excluding steroid dienone is 4. The lowest BCUT2D eigenvalue weighted by molar-refractivity contribution is 0.458. The molecule has 1 unspecified atom stereocenters. The molecule has 0 nitrogen and oxygen atoms in total. The molecule has 0 bridgehead atoms. The van der Waals surface area contributed by atoms with Crippen molar-refractivity contribution in [2.24, 2.45) is 11.8 Å². The Morgan fingerprint density at radius 1 is 1.50 bits per heavy atom. The number of rotatable bonds is 1. The minimum atomic E-state index is 0.782. The maximum atomic E-state index is 2.32. The van der Waals surface area contributed by atoms with Crippen molar-refractivity contribution in [3.63, 3.8) is 0 Å². The van der Waals surface area contributed by atoms with Gasteiger partial charge in [-0.05, 0) is 25.2 Å². The smallest absolute Gasteiger partial charge is 0.0170 e. The maximum Gasteiger partial charge on any atom is -0.0170 e. The normalized spacial score (nSPS) is 25.2. The molecular weight excluding hydrogens is 120 g/mol. The first-order chi connectivity index (χ1) is 4.70. The first kappa shape index (κ1) is 7.59. The van der Waals surface area contributed by atoms with Gasteiger partial charge < -0.3 is 0 Å². The average Bonchev–Trinajstić information content (AvgIpc) is 1.88. The number of hydrogen-bond acceptors (Lipinski definition) is 0. The summed E-state index contributed by atoms with van der Waals surface area (Å²) in [5, 5.41) is 0. The molecule has 0 radical (unpaired) electrons. The van der Waals surface area contributed by atoms with Crippen LogP contribution in [0.2, 0.25) is 0 Å². The standard InChI is InChI=1S/C10H16/c1-8(2)10-6-4-5-9(3)7-10/h4-6,8,10H,7H2,1-3H3. The predicted octanol–water partition coefficient (Wildman–Crippen LogP) is 3.16. The molecule has 0 N–H and O–H groups in total. The molecule has 0 aliphatic heterocycles. The van der Waals surface area contributed by atoms with E-state index in [9.17, 15) is 0 Å². The second-order valence-corrected chi connectivity index (χ2v) is 3.51. The zero-order chi connectivity index (χ0) is 7.56. The van der Waals surface area contributed by atoms with Crippen LogP contribution in [0.1, 0.15) is 27.2 Å². The highest BCUT2D eigenvalue weighted by atomic mass is 14.2. The van der Waals surface area contributed by atoms with E-state index >= 15 is 0 Å². The Labute approximate surface area is 63.6 Å². The SMILES string of the molecule is CC1=CC=CC(C(C)C)C1. The van der Waals surface area contributed by atoms with Gasteiger partial charge in [0, 0.05) is 0 Å². The monoisotopic (exact) mass is 136 g/mol. The van der Waals surface area contributed by atoms with E-state index in [-0.39, 0.29) is 0 Å². The minimum Gasteiger partial charge on any atom is -0.0808 e. The van der Waals surface area contributed by atoms with Gasteiger partial charge in [0.15, 0.2) is 0 Å². The lowest BCUT2D eigenvalue weighted by atomic mass is 9.86. The van der Waals surface area contributed by atoms with Gasteiger partial charge in [0.1, 0.15) is 0 Å². The van der Waals surface area contributed by atoms with E-state index in [1.807, 2.05) is 0 Å². The van der Waals surface area contributed by atoms with E-state index in [1.54, 1.807) is 0 Å². The van der Waals surface area contributed by atoms with E-state index in [2.05, 4.69) is 39.0 Å². The topological polar surface area (TPSA) is 0 Å². The van der Waals surface area contributed by atoms with Gasteiger partial charge in [0.05, 0.1) is 0 Å². The zero-order valence-electron chi connectivity index (χ0n) is 7.09. The van der Waals surface area contributed by atoms with Gasteiger partial charge in [0.25, 0.3) is 0 Å².